The van der Waals surface area contributed by atoms with E-state index < -0.39 is 0 Å². The highest BCUT2D eigenvalue weighted by Gasteiger charge is 2.09. The van der Waals surface area contributed by atoms with Crippen molar-refractivity contribution < 1.29 is 14.3 Å². The molecule has 0 fully saturated rings. The molecule has 2 amide bonds. The minimum absolute atomic E-state index is 0.0720. The van der Waals surface area contributed by atoms with Crippen molar-refractivity contribution in [1.82, 2.24) is 0 Å². The van der Waals surface area contributed by atoms with Crippen LogP contribution in [0, 0.1) is 6.92 Å². The highest BCUT2D eigenvalue weighted by atomic mass is 16.5. The first kappa shape index (κ1) is 17.5. The molecule has 0 aliphatic rings. The molecule has 0 atom stereocenters. The van der Waals surface area contributed by atoms with Crippen LogP contribution < -0.4 is 15.4 Å². The van der Waals surface area contributed by atoms with E-state index in [1.807, 2.05) is 31.2 Å². The summed E-state index contributed by atoms with van der Waals surface area (Å²) in [6.45, 7) is 3.46. The molecule has 2 rings (SSSR count). The van der Waals surface area contributed by atoms with E-state index in [-0.39, 0.29) is 11.8 Å². The topological polar surface area (TPSA) is 67.4 Å². The van der Waals surface area contributed by atoms with Crippen LogP contribution >= 0.6 is 0 Å². The van der Waals surface area contributed by atoms with Crippen molar-refractivity contribution in [3.63, 3.8) is 0 Å². The van der Waals surface area contributed by atoms with E-state index in [1.54, 1.807) is 18.2 Å². The van der Waals surface area contributed by atoms with Crippen LogP contribution in [0.1, 0.15) is 24.5 Å². The molecule has 5 nitrogen and oxygen atoms in total. The fourth-order valence-corrected chi connectivity index (χ4v) is 2.44. The van der Waals surface area contributed by atoms with Crippen molar-refractivity contribution >= 4 is 23.2 Å². The highest BCUT2D eigenvalue weighted by molar-refractivity contribution is 5.94. The van der Waals surface area contributed by atoms with Crippen molar-refractivity contribution in [1.29, 1.82) is 0 Å². The lowest BCUT2D eigenvalue weighted by Gasteiger charge is -2.12. The van der Waals surface area contributed by atoms with Gasteiger partial charge in [0.1, 0.15) is 5.75 Å². The van der Waals surface area contributed by atoms with Gasteiger partial charge in [-0.25, -0.2) is 0 Å². The average Bonchev–Trinajstić information content (AvgIpc) is 2.54. The quantitative estimate of drug-likeness (QED) is 0.853. The van der Waals surface area contributed by atoms with E-state index in [9.17, 15) is 9.59 Å². The lowest BCUT2D eigenvalue weighted by atomic mass is 10.0. The lowest BCUT2D eigenvalue weighted by molar-refractivity contribution is -0.116. The summed E-state index contributed by atoms with van der Waals surface area (Å²) in [5, 5.41) is 5.54. The molecular weight excluding hydrogens is 304 g/mol. The Bertz CT molecular complexity index is 741. The molecule has 0 unspecified atom stereocenters. The maximum atomic E-state index is 12.2. The van der Waals surface area contributed by atoms with E-state index in [2.05, 4.69) is 10.6 Å². The summed E-state index contributed by atoms with van der Waals surface area (Å²) in [5.41, 5.74) is 3.50. The molecule has 0 radical (unpaired) electrons. The van der Waals surface area contributed by atoms with Gasteiger partial charge < -0.3 is 15.4 Å². The van der Waals surface area contributed by atoms with Crippen molar-refractivity contribution in [2.75, 3.05) is 17.7 Å². The van der Waals surface area contributed by atoms with Crippen LogP contribution in [-0.4, -0.2) is 18.9 Å². The first-order valence-corrected chi connectivity index (χ1v) is 7.79. The Morgan fingerprint density at radius 1 is 1.08 bits per heavy atom. The van der Waals surface area contributed by atoms with Gasteiger partial charge in [0.15, 0.2) is 0 Å². The summed E-state index contributed by atoms with van der Waals surface area (Å²) < 4.78 is 5.20. The number of ether oxygens (including phenoxy) is 1. The van der Waals surface area contributed by atoms with Crippen LogP contribution in [0.15, 0.2) is 42.5 Å². The molecule has 2 aromatic carbocycles. The van der Waals surface area contributed by atoms with Crippen LogP contribution in [0.2, 0.25) is 0 Å². The molecule has 2 aromatic rings. The van der Waals surface area contributed by atoms with Gasteiger partial charge in [-0.3, -0.25) is 9.59 Å². The number of amides is 2. The molecule has 0 spiro atoms. The van der Waals surface area contributed by atoms with Crippen LogP contribution in [-0.2, 0) is 16.0 Å². The fraction of sp³-hybridized carbons (Fsp3) is 0.263. The second kappa shape index (κ2) is 8.15. The number of carbonyl (C=O) groups excluding carboxylic acids is 2. The van der Waals surface area contributed by atoms with E-state index in [0.29, 0.717) is 30.0 Å². The number of nitrogens with one attached hydrogen (secondary N) is 2. The average molecular weight is 326 g/mol. The molecule has 126 valence electrons. The maximum Gasteiger partial charge on any atom is 0.224 e. The van der Waals surface area contributed by atoms with Gasteiger partial charge in [0, 0.05) is 19.0 Å². The Hall–Kier alpha value is -2.82. The van der Waals surface area contributed by atoms with Gasteiger partial charge in [0.05, 0.1) is 12.8 Å². The Morgan fingerprint density at radius 2 is 1.83 bits per heavy atom. The zero-order valence-corrected chi connectivity index (χ0v) is 14.2. The lowest BCUT2D eigenvalue weighted by Crippen LogP contribution is -2.13. The second-order valence-electron chi connectivity index (χ2n) is 5.57. The van der Waals surface area contributed by atoms with Crippen LogP contribution in [0.3, 0.4) is 0 Å². The van der Waals surface area contributed by atoms with Crippen molar-refractivity contribution in [3.8, 4) is 5.75 Å². The molecule has 0 aliphatic heterocycles. The van der Waals surface area contributed by atoms with E-state index in [1.165, 1.54) is 25.2 Å². The smallest absolute Gasteiger partial charge is 0.224 e. The molecule has 2 N–H and O–H groups in total. The Morgan fingerprint density at radius 3 is 2.50 bits per heavy atom. The summed E-state index contributed by atoms with van der Waals surface area (Å²) in [5.74, 6) is 0.275. The Labute approximate surface area is 142 Å². The molecule has 0 bridgehead atoms. The molecule has 0 aliphatic carbocycles. The summed E-state index contributed by atoms with van der Waals surface area (Å²) in [6.07, 6.45) is 1.08. The zero-order chi connectivity index (χ0) is 17.5. The maximum absolute atomic E-state index is 12.2. The zero-order valence-electron chi connectivity index (χ0n) is 14.2. The number of methoxy groups -OCH3 is 1. The number of rotatable bonds is 6. The molecule has 0 saturated heterocycles. The molecule has 0 saturated carbocycles. The van der Waals surface area contributed by atoms with E-state index in [4.69, 9.17) is 4.74 Å². The predicted molar refractivity (Wildman–Crippen MR) is 95.4 cm³/mol. The first-order valence-electron chi connectivity index (χ1n) is 7.79. The third-order valence-electron chi connectivity index (χ3n) is 3.68. The van der Waals surface area contributed by atoms with Gasteiger partial charge in [0.25, 0.3) is 0 Å². The molecular formula is C19H22N2O3. The van der Waals surface area contributed by atoms with E-state index >= 15 is 0 Å². The highest BCUT2D eigenvalue weighted by Crippen LogP contribution is 2.28. The first-order chi connectivity index (χ1) is 11.5. The Kier molecular flexibility index (Phi) is 5.95. The second-order valence-corrected chi connectivity index (χ2v) is 5.57. The van der Waals surface area contributed by atoms with Crippen molar-refractivity contribution in [2.24, 2.45) is 0 Å². The van der Waals surface area contributed by atoms with Crippen LogP contribution in [0.4, 0.5) is 11.4 Å². The van der Waals surface area contributed by atoms with Gasteiger partial charge in [-0.05, 0) is 42.7 Å². The summed E-state index contributed by atoms with van der Waals surface area (Å²) in [4.78, 5) is 23.4. The molecule has 24 heavy (non-hydrogen) atoms. The van der Waals surface area contributed by atoms with Crippen molar-refractivity contribution in [3.05, 3.63) is 53.6 Å². The minimum atomic E-state index is -0.198. The number of aryl methyl sites for hydroxylation is 2. The van der Waals surface area contributed by atoms with E-state index in [0.717, 1.165) is 0 Å². The molecule has 0 heterocycles. The third-order valence-corrected chi connectivity index (χ3v) is 3.68. The Balaban J connectivity index is 2.01. The van der Waals surface area contributed by atoms with Gasteiger partial charge >= 0.3 is 0 Å². The van der Waals surface area contributed by atoms with Crippen molar-refractivity contribution in [2.45, 2.75) is 26.7 Å². The largest absolute Gasteiger partial charge is 0.495 e. The fourth-order valence-electron chi connectivity index (χ4n) is 2.44. The summed E-state index contributed by atoms with van der Waals surface area (Å²) >= 11 is 0. The van der Waals surface area contributed by atoms with Gasteiger partial charge in [-0.1, -0.05) is 24.3 Å². The third kappa shape index (κ3) is 4.84. The summed E-state index contributed by atoms with van der Waals surface area (Å²) in [7, 11) is 1.53. The number of hydrogen-bond acceptors (Lipinski definition) is 3. The number of anilines is 2. The van der Waals surface area contributed by atoms with Gasteiger partial charge in [0.2, 0.25) is 11.8 Å². The standard InChI is InChI=1S/C19H22N2O3/c1-13-6-4-5-7-15(13)8-11-19(23)21-16-9-10-18(24-3)17(12-16)20-14(2)22/h4-7,9-10,12H,8,11H2,1-3H3,(H,20,22)(H,21,23). The number of carbonyl (C=O) groups is 2. The minimum Gasteiger partial charge on any atom is -0.495 e. The number of hydrogen-bond donors (Lipinski definition) is 2. The SMILES string of the molecule is COc1ccc(NC(=O)CCc2ccccc2C)cc1NC(C)=O. The van der Waals surface area contributed by atoms with Gasteiger partial charge in [-0.15, -0.1) is 0 Å². The van der Waals surface area contributed by atoms with Crippen LogP contribution in [0.25, 0.3) is 0 Å². The normalized spacial score (nSPS) is 10.1. The summed E-state index contributed by atoms with van der Waals surface area (Å²) in [6, 6.07) is 13.2. The van der Waals surface area contributed by atoms with Gasteiger partial charge in [-0.2, -0.15) is 0 Å². The predicted octanol–water partition coefficient (Wildman–Crippen LogP) is 3.53. The molecule has 0 aromatic heterocycles. The van der Waals surface area contributed by atoms with Crippen LogP contribution in [0.5, 0.6) is 5.75 Å². The number of benzene rings is 2. The molecule has 5 heteroatoms. The monoisotopic (exact) mass is 326 g/mol.